The van der Waals surface area contributed by atoms with Gasteiger partial charge in [-0.2, -0.15) is 4.98 Å². The molecule has 3 aliphatic carbocycles. The largest absolute Gasteiger partial charge is 0.522 e. The summed E-state index contributed by atoms with van der Waals surface area (Å²) in [5.74, 6) is -1.11. The van der Waals surface area contributed by atoms with Crippen molar-refractivity contribution in [1.82, 2.24) is 10.3 Å². The molecule has 1 amide bonds. The van der Waals surface area contributed by atoms with Crippen LogP contribution in [0.5, 0.6) is 11.8 Å². The Bertz CT molecular complexity index is 1150. The van der Waals surface area contributed by atoms with E-state index in [1.54, 1.807) is 0 Å². The summed E-state index contributed by atoms with van der Waals surface area (Å²) in [6, 6.07) is 2.18. The van der Waals surface area contributed by atoms with Crippen LogP contribution in [0.25, 0.3) is 0 Å². The zero-order valence-corrected chi connectivity index (χ0v) is 18.1. The summed E-state index contributed by atoms with van der Waals surface area (Å²) >= 11 is 5.71. The molecule has 6 rings (SSSR count). The number of nitrogens with one attached hydrogen (secondary N) is 1. The van der Waals surface area contributed by atoms with E-state index < -0.39 is 36.3 Å². The number of fused-ring (bicyclic) bond motifs is 1. The van der Waals surface area contributed by atoms with Crippen molar-refractivity contribution in [2.45, 2.75) is 49.1 Å². The number of oxazole rings is 1. The fourth-order valence-electron chi connectivity index (χ4n) is 4.84. The molecule has 2 bridgehead atoms. The van der Waals surface area contributed by atoms with E-state index in [2.05, 4.69) is 15.0 Å². The number of halogens is 5. The Balaban J connectivity index is 1.14. The van der Waals surface area contributed by atoms with Crippen molar-refractivity contribution in [3.8, 4) is 11.8 Å². The number of ketones is 1. The predicted octanol–water partition coefficient (Wildman–Crippen LogP) is 3.71. The van der Waals surface area contributed by atoms with Gasteiger partial charge in [-0.1, -0.05) is 11.6 Å². The zero-order chi connectivity index (χ0) is 24.3. The summed E-state index contributed by atoms with van der Waals surface area (Å²) < 4.78 is 69.4. The van der Waals surface area contributed by atoms with Gasteiger partial charge in [-0.05, 0) is 25.3 Å². The first-order chi connectivity index (χ1) is 16.0. The third-order valence-corrected chi connectivity index (χ3v) is 6.55. The Hall–Kier alpha value is -2.86. The summed E-state index contributed by atoms with van der Waals surface area (Å²) in [6.45, 7) is -1.08. The number of carbonyl (C=O) groups excluding carboxylic acids is 2. The van der Waals surface area contributed by atoms with Crippen LogP contribution in [-0.2, 0) is 14.9 Å². The fraction of sp³-hybridized carbons (Fsp3) is 0.476. The van der Waals surface area contributed by atoms with Gasteiger partial charge in [0.15, 0.2) is 11.9 Å². The van der Waals surface area contributed by atoms with E-state index in [1.807, 2.05) is 0 Å². The maximum absolute atomic E-state index is 13.7. The Morgan fingerprint density at radius 1 is 1.26 bits per heavy atom. The summed E-state index contributed by atoms with van der Waals surface area (Å²) in [5.41, 5.74) is -0.697. The van der Waals surface area contributed by atoms with Crippen LogP contribution in [0.4, 0.5) is 17.6 Å². The van der Waals surface area contributed by atoms with Crippen molar-refractivity contribution in [3.05, 3.63) is 40.5 Å². The predicted molar refractivity (Wildman–Crippen MR) is 105 cm³/mol. The van der Waals surface area contributed by atoms with Gasteiger partial charge in [0, 0.05) is 17.0 Å². The van der Waals surface area contributed by atoms with Crippen molar-refractivity contribution in [2.75, 3.05) is 13.2 Å². The van der Waals surface area contributed by atoms with Crippen LogP contribution >= 0.6 is 11.6 Å². The lowest BCUT2D eigenvalue weighted by Gasteiger charge is -2.69. The van der Waals surface area contributed by atoms with Crippen LogP contribution in [-0.4, -0.2) is 47.9 Å². The number of rotatable bonds is 7. The number of amides is 1. The number of benzene rings is 1. The molecule has 3 saturated carbocycles. The van der Waals surface area contributed by atoms with Crippen LogP contribution in [0, 0.1) is 5.82 Å². The fourth-order valence-corrected chi connectivity index (χ4v) is 5.01. The molecule has 2 heterocycles. The molecule has 3 fully saturated rings. The van der Waals surface area contributed by atoms with E-state index in [4.69, 9.17) is 25.5 Å². The second kappa shape index (κ2) is 7.84. The van der Waals surface area contributed by atoms with Crippen molar-refractivity contribution in [2.24, 2.45) is 0 Å². The third-order valence-electron chi connectivity index (χ3n) is 6.26. The molecular weight excluding hydrogens is 488 g/mol. The minimum absolute atomic E-state index is 0.0258. The first-order valence-electron chi connectivity index (χ1n) is 10.3. The molecule has 1 aromatic heterocycles. The van der Waals surface area contributed by atoms with Gasteiger partial charge in [0.1, 0.15) is 23.9 Å². The summed E-state index contributed by atoms with van der Waals surface area (Å²) in [6.07, 6.45) is -3.07. The standard InChI is InChI=1S/C21H17ClF4N2O6/c22-11-3-10-13(29)5-15(33-14(10)4-12(11)23)17(30)28-20-7-19(8-20,9-20)16-6-27-18(34-16)31-1-2-32-21(24,25)26/h3-4,6,15H,1-2,5,7-9H2,(H,28,30)/t15-,19?,20?/m1/s1. The molecule has 0 spiro atoms. The van der Waals surface area contributed by atoms with E-state index >= 15 is 0 Å². The molecule has 13 heteroatoms. The molecule has 8 nitrogen and oxygen atoms in total. The molecule has 0 radical (unpaired) electrons. The first-order valence-corrected chi connectivity index (χ1v) is 10.7. The Kier molecular flexibility index (Phi) is 5.28. The second-order valence-electron chi connectivity index (χ2n) is 8.71. The highest BCUT2D eigenvalue weighted by Gasteiger charge is 2.71. The Labute approximate surface area is 194 Å². The minimum atomic E-state index is -4.74. The van der Waals surface area contributed by atoms with Crippen LogP contribution in [0.3, 0.4) is 0 Å². The lowest BCUT2D eigenvalue weighted by atomic mass is 9.38. The minimum Gasteiger partial charge on any atom is -0.479 e. The average Bonchev–Trinajstić information content (AvgIpc) is 3.16. The molecule has 34 heavy (non-hydrogen) atoms. The Morgan fingerprint density at radius 2 is 2.00 bits per heavy atom. The molecule has 1 atom stereocenters. The van der Waals surface area contributed by atoms with Crippen LogP contribution in [0.15, 0.2) is 22.7 Å². The molecule has 0 unspecified atom stereocenters. The van der Waals surface area contributed by atoms with Gasteiger partial charge in [-0.3, -0.25) is 14.3 Å². The lowest BCUT2D eigenvalue weighted by molar-refractivity contribution is -0.325. The molecular formula is C21H17ClF4N2O6. The second-order valence-corrected chi connectivity index (χ2v) is 9.12. The zero-order valence-electron chi connectivity index (χ0n) is 17.3. The topological polar surface area (TPSA) is 99.9 Å². The molecule has 182 valence electrons. The van der Waals surface area contributed by atoms with Gasteiger partial charge in [0.2, 0.25) is 0 Å². The number of Topliss-reactive ketones (excluding diaryl/α,β-unsaturated/α-hetero) is 1. The molecule has 1 N–H and O–H groups in total. The van der Waals surface area contributed by atoms with Gasteiger partial charge in [-0.25, -0.2) is 4.39 Å². The highest BCUT2D eigenvalue weighted by atomic mass is 35.5. The number of alkyl halides is 3. The number of carbonyl (C=O) groups is 2. The maximum atomic E-state index is 13.7. The van der Waals surface area contributed by atoms with E-state index in [0.29, 0.717) is 25.0 Å². The monoisotopic (exact) mass is 504 g/mol. The summed E-state index contributed by atoms with van der Waals surface area (Å²) in [4.78, 5) is 29.0. The summed E-state index contributed by atoms with van der Waals surface area (Å²) in [5, 5.41) is 2.71. The highest BCUT2D eigenvalue weighted by Crippen LogP contribution is 2.68. The quantitative estimate of drug-likeness (QED) is 0.453. The van der Waals surface area contributed by atoms with Gasteiger partial charge >= 0.3 is 12.4 Å². The van der Waals surface area contributed by atoms with Gasteiger partial charge in [0.05, 0.1) is 29.8 Å². The smallest absolute Gasteiger partial charge is 0.479 e. The van der Waals surface area contributed by atoms with E-state index in [0.717, 1.165) is 6.07 Å². The van der Waals surface area contributed by atoms with E-state index in [-0.39, 0.29) is 46.6 Å². The molecule has 1 aromatic carbocycles. The average molecular weight is 505 g/mol. The maximum Gasteiger partial charge on any atom is 0.522 e. The first kappa shape index (κ1) is 22.9. The van der Waals surface area contributed by atoms with E-state index in [1.165, 1.54) is 12.3 Å². The number of ether oxygens (including phenoxy) is 3. The Morgan fingerprint density at radius 3 is 2.71 bits per heavy atom. The number of nitrogens with zero attached hydrogens (tertiary/aromatic N) is 1. The van der Waals surface area contributed by atoms with Crippen molar-refractivity contribution >= 4 is 23.3 Å². The molecule has 1 aliphatic heterocycles. The SMILES string of the molecule is O=C1C[C@H](C(=O)NC23CC(c4cnc(OCCOC(F)(F)F)o4)(C2)C3)Oc2cc(F)c(Cl)cc21. The molecule has 0 saturated heterocycles. The normalized spacial score (nSPS) is 27.2. The molecule has 2 aromatic rings. The van der Waals surface area contributed by atoms with Crippen LogP contribution in [0.2, 0.25) is 5.02 Å². The van der Waals surface area contributed by atoms with Gasteiger partial charge in [-0.15, -0.1) is 13.2 Å². The van der Waals surface area contributed by atoms with Crippen LogP contribution < -0.4 is 14.8 Å². The number of aromatic nitrogens is 1. The lowest BCUT2D eigenvalue weighted by Crippen LogP contribution is -2.77. The molecule has 4 aliphatic rings. The number of hydrogen-bond acceptors (Lipinski definition) is 7. The van der Waals surface area contributed by atoms with Crippen LogP contribution in [0.1, 0.15) is 41.8 Å². The van der Waals surface area contributed by atoms with Gasteiger partial charge < -0.3 is 19.2 Å². The van der Waals surface area contributed by atoms with Gasteiger partial charge in [0.25, 0.3) is 5.91 Å². The van der Waals surface area contributed by atoms with Crippen molar-refractivity contribution in [1.29, 1.82) is 0 Å². The van der Waals surface area contributed by atoms with Crippen molar-refractivity contribution < 1.29 is 45.8 Å². The van der Waals surface area contributed by atoms with Crippen molar-refractivity contribution in [3.63, 3.8) is 0 Å². The number of hydrogen-bond donors (Lipinski definition) is 1. The van der Waals surface area contributed by atoms with E-state index in [9.17, 15) is 27.2 Å². The highest BCUT2D eigenvalue weighted by molar-refractivity contribution is 6.31. The summed E-state index contributed by atoms with van der Waals surface area (Å²) in [7, 11) is 0. The third kappa shape index (κ3) is 4.09.